The largest absolute Gasteiger partial charge is 0.343 e. The number of aromatic nitrogens is 2. The van der Waals surface area contributed by atoms with E-state index in [0.29, 0.717) is 5.56 Å². The van der Waals surface area contributed by atoms with Crippen LogP contribution < -0.4 is 16.2 Å². The van der Waals surface area contributed by atoms with Gasteiger partial charge in [0.1, 0.15) is 6.54 Å². The Hall–Kier alpha value is -3.16. The average Bonchev–Trinajstić information content (AvgIpc) is 2.88. The lowest BCUT2D eigenvalue weighted by molar-refractivity contribution is -0.128. The Morgan fingerprint density at radius 2 is 1.71 bits per heavy atom. The summed E-state index contributed by atoms with van der Waals surface area (Å²) in [6, 6.07) is 10.4. The summed E-state index contributed by atoms with van der Waals surface area (Å²) in [5.41, 5.74) is 6.64. The molecule has 1 heterocycles. The van der Waals surface area contributed by atoms with Crippen LogP contribution in [-0.4, -0.2) is 34.0 Å². The molecule has 0 fully saturated rings. The van der Waals surface area contributed by atoms with Crippen LogP contribution in [0.2, 0.25) is 0 Å². The Balaban J connectivity index is 1.72. The van der Waals surface area contributed by atoms with Gasteiger partial charge in [-0.05, 0) is 32.0 Å². The molecule has 0 aliphatic rings. The topological polar surface area (TPSA) is 105 Å². The van der Waals surface area contributed by atoms with Gasteiger partial charge in [-0.1, -0.05) is 18.2 Å². The monoisotopic (exact) mass is 329 g/mol. The van der Waals surface area contributed by atoms with Crippen LogP contribution in [-0.2, 0) is 16.1 Å². The number of rotatable bonds is 5. The first-order valence-corrected chi connectivity index (χ1v) is 7.37. The summed E-state index contributed by atoms with van der Waals surface area (Å²) in [7, 11) is 0. The number of hydrogen-bond donors (Lipinski definition) is 3. The van der Waals surface area contributed by atoms with Gasteiger partial charge in [-0.15, -0.1) is 0 Å². The van der Waals surface area contributed by atoms with E-state index < -0.39 is 11.8 Å². The molecule has 0 radical (unpaired) electrons. The highest BCUT2D eigenvalue weighted by molar-refractivity contribution is 5.96. The average molecular weight is 329 g/mol. The third-order valence-corrected chi connectivity index (χ3v) is 3.18. The van der Waals surface area contributed by atoms with Gasteiger partial charge in [-0.3, -0.25) is 29.9 Å². The van der Waals surface area contributed by atoms with Gasteiger partial charge in [0.05, 0.1) is 12.2 Å². The van der Waals surface area contributed by atoms with Crippen molar-refractivity contribution in [3.63, 3.8) is 0 Å². The summed E-state index contributed by atoms with van der Waals surface area (Å²) in [6.07, 6.45) is 0. The Morgan fingerprint density at radius 3 is 2.33 bits per heavy atom. The first kappa shape index (κ1) is 17.2. The second-order valence-corrected chi connectivity index (χ2v) is 5.23. The van der Waals surface area contributed by atoms with E-state index >= 15 is 0 Å². The van der Waals surface area contributed by atoms with E-state index in [-0.39, 0.29) is 19.0 Å². The Morgan fingerprint density at radius 1 is 1.04 bits per heavy atom. The van der Waals surface area contributed by atoms with Crippen molar-refractivity contribution in [1.29, 1.82) is 0 Å². The third-order valence-electron chi connectivity index (χ3n) is 3.18. The van der Waals surface area contributed by atoms with Crippen LogP contribution in [0.1, 0.15) is 21.7 Å². The summed E-state index contributed by atoms with van der Waals surface area (Å²) in [6.45, 7) is 3.42. The zero-order valence-corrected chi connectivity index (χ0v) is 13.5. The minimum absolute atomic E-state index is 0.00364. The van der Waals surface area contributed by atoms with Crippen LogP contribution in [0.25, 0.3) is 0 Å². The van der Waals surface area contributed by atoms with Crippen molar-refractivity contribution in [3.05, 3.63) is 53.3 Å². The van der Waals surface area contributed by atoms with Gasteiger partial charge in [0.15, 0.2) is 0 Å². The van der Waals surface area contributed by atoms with Crippen molar-refractivity contribution in [2.45, 2.75) is 20.4 Å². The number of nitrogens with zero attached hydrogens (tertiary/aromatic N) is 2. The van der Waals surface area contributed by atoms with Gasteiger partial charge in [0, 0.05) is 11.3 Å². The van der Waals surface area contributed by atoms with Gasteiger partial charge in [-0.2, -0.15) is 5.10 Å². The fraction of sp³-hybridized carbons (Fsp3) is 0.250. The molecular weight excluding hydrogens is 310 g/mol. The number of amides is 3. The summed E-state index contributed by atoms with van der Waals surface area (Å²) >= 11 is 0. The maximum atomic E-state index is 11.8. The molecule has 8 heteroatoms. The van der Waals surface area contributed by atoms with Crippen LogP contribution in [0.4, 0.5) is 0 Å². The molecule has 0 unspecified atom stereocenters. The van der Waals surface area contributed by atoms with E-state index in [2.05, 4.69) is 21.3 Å². The second kappa shape index (κ2) is 7.91. The first-order valence-electron chi connectivity index (χ1n) is 7.37. The molecule has 0 atom stereocenters. The molecule has 3 N–H and O–H groups in total. The molecule has 0 aliphatic heterocycles. The minimum atomic E-state index is -0.527. The minimum Gasteiger partial charge on any atom is -0.343 e. The van der Waals surface area contributed by atoms with Crippen molar-refractivity contribution in [1.82, 2.24) is 25.9 Å². The predicted octanol–water partition coefficient (Wildman–Crippen LogP) is 0.0773. The maximum absolute atomic E-state index is 11.8. The van der Waals surface area contributed by atoms with Crippen LogP contribution >= 0.6 is 0 Å². The molecule has 1 aromatic carbocycles. The van der Waals surface area contributed by atoms with Crippen LogP contribution in [0, 0.1) is 13.8 Å². The SMILES string of the molecule is Cc1cc(C)n(CC(=O)NNC(=O)CNC(=O)c2ccccc2)n1. The van der Waals surface area contributed by atoms with E-state index in [9.17, 15) is 14.4 Å². The highest BCUT2D eigenvalue weighted by Gasteiger charge is 2.10. The first-order chi connectivity index (χ1) is 11.5. The third kappa shape index (κ3) is 4.94. The summed E-state index contributed by atoms with van der Waals surface area (Å²) in [5, 5.41) is 6.62. The number of hydrogen-bond acceptors (Lipinski definition) is 4. The number of aryl methyl sites for hydroxylation is 2. The fourth-order valence-corrected chi connectivity index (χ4v) is 2.05. The van der Waals surface area contributed by atoms with E-state index in [4.69, 9.17) is 0 Å². The zero-order valence-electron chi connectivity index (χ0n) is 13.5. The van der Waals surface area contributed by atoms with Crippen molar-refractivity contribution in [2.24, 2.45) is 0 Å². The van der Waals surface area contributed by atoms with Gasteiger partial charge in [0.25, 0.3) is 17.7 Å². The fourth-order valence-electron chi connectivity index (χ4n) is 2.05. The van der Waals surface area contributed by atoms with Gasteiger partial charge < -0.3 is 5.32 Å². The molecule has 2 aromatic rings. The molecular formula is C16H19N5O3. The summed E-state index contributed by atoms with van der Waals surface area (Å²) in [4.78, 5) is 35.2. The summed E-state index contributed by atoms with van der Waals surface area (Å²) in [5.74, 6) is -1.30. The molecule has 0 aliphatic carbocycles. The highest BCUT2D eigenvalue weighted by Crippen LogP contribution is 2.00. The van der Waals surface area contributed by atoms with Crippen LogP contribution in [0.3, 0.4) is 0 Å². The number of benzene rings is 1. The van der Waals surface area contributed by atoms with Gasteiger partial charge >= 0.3 is 0 Å². The molecule has 0 spiro atoms. The lowest BCUT2D eigenvalue weighted by atomic mass is 10.2. The number of carbonyl (C=O) groups excluding carboxylic acids is 3. The standard InChI is InChI=1S/C16H19N5O3/c1-11-8-12(2)21(20-11)10-15(23)19-18-14(22)9-17-16(24)13-6-4-3-5-7-13/h3-8H,9-10H2,1-2H3,(H,17,24)(H,18,22)(H,19,23). The molecule has 1 aromatic heterocycles. The Bertz CT molecular complexity index is 739. The molecule has 0 bridgehead atoms. The molecule has 0 saturated heterocycles. The Labute approximate surface area is 139 Å². The predicted molar refractivity (Wildman–Crippen MR) is 86.8 cm³/mol. The molecule has 126 valence electrons. The Kier molecular flexibility index (Phi) is 5.67. The smallest absolute Gasteiger partial charge is 0.260 e. The van der Waals surface area contributed by atoms with E-state index in [1.807, 2.05) is 19.9 Å². The molecule has 0 saturated carbocycles. The number of hydrazine groups is 1. The molecule has 3 amide bonds. The lowest BCUT2D eigenvalue weighted by Gasteiger charge is -2.09. The number of nitrogens with one attached hydrogen (secondary N) is 3. The van der Waals surface area contributed by atoms with Crippen molar-refractivity contribution < 1.29 is 14.4 Å². The van der Waals surface area contributed by atoms with E-state index in [0.717, 1.165) is 11.4 Å². The zero-order chi connectivity index (χ0) is 17.5. The maximum Gasteiger partial charge on any atom is 0.260 e. The normalized spacial score (nSPS) is 10.1. The molecule has 24 heavy (non-hydrogen) atoms. The lowest BCUT2D eigenvalue weighted by Crippen LogP contribution is -2.47. The number of carbonyl (C=O) groups is 3. The van der Waals surface area contributed by atoms with Crippen molar-refractivity contribution in [2.75, 3.05) is 6.54 Å². The molecule has 8 nitrogen and oxygen atoms in total. The van der Waals surface area contributed by atoms with Crippen LogP contribution in [0.15, 0.2) is 36.4 Å². The molecule has 2 rings (SSSR count). The van der Waals surface area contributed by atoms with Gasteiger partial charge in [0.2, 0.25) is 0 Å². The quantitative estimate of drug-likeness (QED) is 0.675. The van der Waals surface area contributed by atoms with Crippen molar-refractivity contribution >= 4 is 17.7 Å². The van der Waals surface area contributed by atoms with E-state index in [1.165, 1.54) is 4.68 Å². The van der Waals surface area contributed by atoms with E-state index in [1.54, 1.807) is 30.3 Å². The van der Waals surface area contributed by atoms with Crippen molar-refractivity contribution in [3.8, 4) is 0 Å². The highest BCUT2D eigenvalue weighted by atomic mass is 16.2. The summed E-state index contributed by atoms with van der Waals surface area (Å²) < 4.78 is 1.54. The second-order valence-electron chi connectivity index (χ2n) is 5.23. The van der Waals surface area contributed by atoms with Crippen LogP contribution in [0.5, 0.6) is 0 Å². The van der Waals surface area contributed by atoms with Gasteiger partial charge in [-0.25, -0.2) is 0 Å².